The Hall–Kier alpha value is -4.58. The van der Waals surface area contributed by atoms with E-state index in [0.29, 0.717) is 33.8 Å². The van der Waals surface area contributed by atoms with Crippen LogP contribution in [-0.4, -0.2) is 38.5 Å². The van der Waals surface area contributed by atoms with Gasteiger partial charge in [-0.2, -0.15) is 0 Å². The minimum Gasteiger partial charge on any atom is -0.497 e. The maximum atomic E-state index is 13.7. The van der Waals surface area contributed by atoms with Crippen molar-refractivity contribution in [1.29, 1.82) is 0 Å². The van der Waals surface area contributed by atoms with E-state index in [1.807, 2.05) is 0 Å². The lowest BCUT2D eigenvalue weighted by Gasteiger charge is -2.16. The molecule has 0 aliphatic carbocycles. The molecule has 0 bridgehead atoms. The molecule has 0 aliphatic rings. The quantitative estimate of drug-likeness (QED) is 0.174. The molecular weight excluding hydrogens is 601 g/mol. The normalized spacial score (nSPS) is 11.2. The number of carbonyl (C=O) groups excluding carboxylic acids is 1. The number of primary amides is 1. The van der Waals surface area contributed by atoms with Crippen molar-refractivity contribution in [3.8, 4) is 22.6 Å². The standard InChI is InChI=1S/C29H23Cl2N5O5S/c1-40-19-13-18(14-20(15-19)41-2)33-28-29(35-25-9-4-3-8-24(25)34-28)36-42(38,39)21-7-5-6-16(10-21)26-22(27(32)37)11-17(30)12-23(26)31/h3-15H,1-2H3,(H2,32,37)(H,33,34)(H,35,36). The molecule has 0 fully saturated rings. The maximum absolute atomic E-state index is 13.7. The van der Waals surface area contributed by atoms with Crippen LogP contribution >= 0.6 is 23.2 Å². The second-order valence-corrected chi connectivity index (χ2v) is 11.5. The highest BCUT2D eigenvalue weighted by Crippen LogP contribution is 2.36. The van der Waals surface area contributed by atoms with E-state index >= 15 is 0 Å². The number of amides is 1. The monoisotopic (exact) mass is 623 g/mol. The number of rotatable bonds is 9. The number of benzene rings is 4. The minimum atomic E-state index is -4.23. The number of halogens is 2. The fraction of sp³-hybridized carbons (Fsp3) is 0.0690. The van der Waals surface area contributed by atoms with Crippen LogP contribution in [0.1, 0.15) is 10.4 Å². The largest absolute Gasteiger partial charge is 0.497 e. The molecule has 0 aliphatic heterocycles. The van der Waals surface area contributed by atoms with Crippen LogP contribution in [0.15, 0.2) is 83.8 Å². The predicted octanol–water partition coefficient (Wildman–Crippen LogP) is 6.26. The van der Waals surface area contributed by atoms with E-state index in [4.69, 9.17) is 38.4 Å². The number of anilines is 3. The first-order valence-corrected chi connectivity index (χ1v) is 14.5. The van der Waals surface area contributed by atoms with Crippen LogP contribution in [0.25, 0.3) is 22.2 Å². The van der Waals surface area contributed by atoms with Gasteiger partial charge in [-0.25, -0.2) is 18.4 Å². The van der Waals surface area contributed by atoms with Crippen LogP contribution in [0.3, 0.4) is 0 Å². The van der Waals surface area contributed by atoms with E-state index < -0.39 is 15.9 Å². The summed E-state index contributed by atoms with van der Waals surface area (Å²) in [5.41, 5.74) is 7.74. The molecule has 0 saturated carbocycles. The summed E-state index contributed by atoms with van der Waals surface area (Å²) in [5, 5.41) is 3.47. The molecule has 10 nitrogen and oxygen atoms in total. The number of methoxy groups -OCH3 is 2. The van der Waals surface area contributed by atoms with Crippen molar-refractivity contribution < 1.29 is 22.7 Å². The van der Waals surface area contributed by atoms with E-state index in [1.54, 1.807) is 48.5 Å². The van der Waals surface area contributed by atoms with Crippen LogP contribution in [0.2, 0.25) is 10.0 Å². The van der Waals surface area contributed by atoms with Gasteiger partial charge in [0.2, 0.25) is 5.91 Å². The van der Waals surface area contributed by atoms with Gasteiger partial charge in [0.15, 0.2) is 11.6 Å². The van der Waals surface area contributed by atoms with Gasteiger partial charge < -0.3 is 20.5 Å². The number of fused-ring (bicyclic) bond motifs is 1. The number of sulfonamides is 1. The Morgan fingerprint density at radius 2 is 1.48 bits per heavy atom. The van der Waals surface area contributed by atoms with E-state index in [9.17, 15) is 13.2 Å². The third kappa shape index (κ3) is 6.03. The summed E-state index contributed by atoms with van der Waals surface area (Å²) in [5.74, 6) is 0.349. The molecule has 1 heterocycles. The van der Waals surface area contributed by atoms with Gasteiger partial charge in [-0.05, 0) is 42.0 Å². The van der Waals surface area contributed by atoms with Crippen molar-refractivity contribution in [3.05, 3.63) is 94.5 Å². The third-order valence-electron chi connectivity index (χ3n) is 6.17. The van der Waals surface area contributed by atoms with Crippen molar-refractivity contribution in [2.75, 3.05) is 24.3 Å². The zero-order valence-electron chi connectivity index (χ0n) is 22.2. The van der Waals surface area contributed by atoms with E-state index in [-0.39, 0.29) is 37.7 Å². The summed E-state index contributed by atoms with van der Waals surface area (Å²) in [6.45, 7) is 0. The molecule has 214 valence electrons. The molecule has 4 N–H and O–H groups in total. The molecule has 4 aromatic carbocycles. The Kier molecular flexibility index (Phi) is 8.08. The molecule has 5 rings (SSSR count). The van der Waals surface area contributed by atoms with E-state index in [1.165, 1.54) is 44.6 Å². The molecule has 0 saturated heterocycles. The number of para-hydroxylation sites is 2. The molecular formula is C29H23Cl2N5O5S. The molecule has 1 aromatic heterocycles. The van der Waals surface area contributed by atoms with Crippen molar-refractivity contribution in [2.24, 2.45) is 5.73 Å². The molecule has 1 amide bonds. The number of nitrogens with two attached hydrogens (primary N) is 1. The molecule has 13 heteroatoms. The van der Waals surface area contributed by atoms with Crippen LogP contribution < -0.4 is 25.2 Å². The molecule has 0 unspecified atom stereocenters. The van der Waals surface area contributed by atoms with Crippen LogP contribution in [0.4, 0.5) is 17.3 Å². The number of ether oxygens (including phenoxy) is 2. The number of hydrogen-bond acceptors (Lipinski definition) is 8. The molecule has 5 aromatic rings. The van der Waals surface area contributed by atoms with Gasteiger partial charge >= 0.3 is 0 Å². The highest BCUT2D eigenvalue weighted by Gasteiger charge is 2.22. The second kappa shape index (κ2) is 11.7. The van der Waals surface area contributed by atoms with Gasteiger partial charge in [0, 0.05) is 40.0 Å². The number of hydrogen-bond donors (Lipinski definition) is 3. The van der Waals surface area contributed by atoms with Gasteiger partial charge in [-0.3, -0.25) is 9.52 Å². The lowest BCUT2D eigenvalue weighted by atomic mass is 9.99. The van der Waals surface area contributed by atoms with Gasteiger partial charge in [0.05, 0.1) is 35.2 Å². The second-order valence-electron chi connectivity index (χ2n) is 8.94. The third-order valence-corrected chi connectivity index (χ3v) is 8.02. The fourth-order valence-corrected chi connectivity index (χ4v) is 5.90. The first kappa shape index (κ1) is 28.9. The first-order chi connectivity index (χ1) is 20.1. The van der Waals surface area contributed by atoms with Gasteiger partial charge in [-0.1, -0.05) is 47.5 Å². The average molecular weight is 625 g/mol. The van der Waals surface area contributed by atoms with Crippen molar-refractivity contribution in [2.45, 2.75) is 4.90 Å². The highest BCUT2D eigenvalue weighted by atomic mass is 35.5. The summed E-state index contributed by atoms with van der Waals surface area (Å²) < 4.78 is 40.6. The summed E-state index contributed by atoms with van der Waals surface area (Å²) in [6, 6.07) is 20.9. The summed E-state index contributed by atoms with van der Waals surface area (Å²) in [7, 11) is -1.20. The number of nitrogens with one attached hydrogen (secondary N) is 2. The molecule has 42 heavy (non-hydrogen) atoms. The summed E-state index contributed by atoms with van der Waals surface area (Å²) >= 11 is 12.5. The SMILES string of the molecule is COc1cc(Nc2nc3ccccc3nc2NS(=O)(=O)c2cccc(-c3c(Cl)cc(Cl)cc3C(N)=O)c2)cc(OC)c1. The van der Waals surface area contributed by atoms with Crippen LogP contribution in [0.5, 0.6) is 11.5 Å². The summed E-state index contributed by atoms with van der Waals surface area (Å²) in [4.78, 5) is 21.2. The smallest absolute Gasteiger partial charge is 0.263 e. The predicted molar refractivity (Wildman–Crippen MR) is 164 cm³/mol. The molecule has 0 radical (unpaired) electrons. The lowest BCUT2D eigenvalue weighted by Crippen LogP contribution is -2.16. The Balaban J connectivity index is 1.58. The van der Waals surface area contributed by atoms with Crippen LogP contribution in [0, 0.1) is 0 Å². The highest BCUT2D eigenvalue weighted by molar-refractivity contribution is 7.92. The fourth-order valence-electron chi connectivity index (χ4n) is 4.24. The van der Waals surface area contributed by atoms with E-state index in [2.05, 4.69) is 20.0 Å². The number of carbonyl (C=O) groups is 1. The Morgan fingerprint density at radius 3 is 2.10 bits per heavy atom. The van der Waals surface area contributed by atoms with Crippen LogP contribution in [-0.2, 0) is 10.0 Å². The lowest BCUT2D eigenvalue weighted by molar-refractivity contribution is 0.100. The number of aromatic nitrogens is 2. The van der Waals surface area contributed by atoms with Gasteiger partial charge in [0.1, 0.15) is 11.5 Å². The van der Waals surface area contributed by atoms with Crippen molar-refractivity contribution in [1.82, 2.24) is 9.97 Å². The number of nitrogens with zero attached hydrogens (tertiary/aromatic N) is 2. The molecule has 0 atom stereocenters. The Labute approximate surface area is 251 Å². The minimum absolute atomic E-state index is 0.0515. The zero-order valence-corrected chi connectivity index (χ0v) is 24.5. The van der Waals surface area contributed by atoms with Gasteiger partial charge in [0.25, 0.3) is 10.0 Å². The zero-order chi connectivity index (χ0) is 30.0. The average Bonchev–Trinajstić information content (AvgIpc) is 2.96. The van der Waals surface area contributed by atoms with E-state index in [0.717, 1.165) is 0 Å². The topological polar surface area (TPSA) is 146 Å². The Bertz CT molecular complexity index is 1930. The summed E-state index contributed by atoms with van der Waals surface area (Å²) in [6.07, 6.45) is 0. The Morgan fingerprint density at radius 1 is 0.833 bits per heavy atom. The first-order valence-electron chi connectivity index (χ1n) is 12.3. The van der Waals surface area contributed by atoms with Crippen molar-refractivity contribution >= 4 is 67.5 Å². The molecule has 0 spiro atoms. The van der Waals surface area contributed by atoms with Crippen molar-refractivity contribution in [3.63, 3.8) is 0 Å². The van der Waals surface area contributed by atoms with Gasteiger partial charge in [-0.15, -0.1) is 0 Å². The maximum Gasteiger partial charge on any atom is 0.263 e.